The first-order chi connectivity index (χ1) is 14.5. The molecule has 1 N–H and O–H groups in total. The number of benzene rings is 2. The van der Waals surface area contributed by atoms with Gasteiger partial charge in [0.1, 0.15) is 0 Å². The van der Waals surface area contributed by atoms with E-state index in [1.165, 1.54) is 4.31 Å². The molecule has 2 aromatic carbocycles. The van der Waals surface area contributed by atoms with Crippen LogP contribution < -0.4 is 5.32 Å². The summed E-state index contributed by atoms with van der Waals surface area (Å²) in [6.07, 6.45) is -4.53. The van der Waals surface area contributed by atoms with Crippen LogP contribution in [0.15, 0.2) is 53.4 Å². The number of hydrogen-bond donors (Lipinski definition) is 1. The maximum absolute atomic E-state index is 12.8. The summed E-state index contributed by atoms with van der Waals surface area (Å²) in [7, 11) is -3.93. The molecule has 6 nitrogen and oxygen atoms in total. The van der Waals surface area contributed by atoms with Gasteiger partial charge in [-0.1, -0.05) is 23.7 Å². The molecule has 1 heterocycles. The van der Waals surface area contributed by atoms with Crippen LogP contribution in [0.2, 0.25) is 5.02 Å². The number of nitrogens with one attached hydrogen (secondary N) is 1. The van der Waals surface area contributed by atoms with Crippen LogP contribution in [0.3, 0.4) is 0 Å². The molecular formula is C20H21ClF3N3O3S. The highest BCUT2D eigenvalue weighted by atomic mass is 35.5. The summed E-state index contributed by atoms with van der Waals surface area (Å²) in [5, 5.41) is 3.17. The van der Waals surface area contributed by atoms with Gasteiger partial charge in [0.05, 0.1) is 27.2 Å². The summed E-state index contributed by atoms with van der Waals surface area (Å²) in [6.45, 7) is 2.56. The maximum Gasteiger partial charge on any atom is 0.416 e. The molecule has 1 saturated heterocycles. The summed E-state index contributed by atoms with van der Waals surface area (Å²) >= 11 is 6.06. The predicted octanol–water partition coefficient (Wildman–Crippen LogP) is 3.69. The van der Waals surface area contributed by atoms with Crippen LogP contribution in [0.1, 0.15) is 12.5 Å². The van der Waals surface area contributed by atoms with Crippen LogP contribution in [0, 0.1) is 0 Å². The van der Waals surface area contributed by atoms with E-state index in [1.807, 2.05) is 4.90 Å². The van der Waals surface area contributed by atoms with Crippen molar-refractivity contribution in [2.45, 2.75) is 24.0 Å². The minimum absolute atomic E-state index is 0.118. The molecule has 168 valence electrons. The van der Waals surface area contributed by atoms with Crippen LogP contribution in [0.5, 0.6) is 0 Å². The van der Waals surface area contributed by atoms with Gasteiger partial charge in [-0.2, -0.15) is 17.5 Å². The van der Waals surface area contributed by atoms with Crippen LogP contribution >= 0.6 is 11.6 Å². The summed E-state index contributed by atoms with van der Waals surface area (Å²) in [4.78, 5) is 14.2. The van der Waals surface area contributed by atoms with Crippen molar-refractivity contribution >= 4 is 33.2 Å². The Morgan fingerprint density at radius 2 is 1.61 bits per heavy atom. The number of para-hydroxylation sites is 1. The Balaban J connectivity index is 1.61. The Labute approximate surface area is 183 Å². The minimum Gasteiger partial charge on any atom is -0.323 e. The number of carbonyl (C=O) groups is 1. The van der Waals surface area contributed by atoms with Gasteiger partial charge in [0, 0.05) is 26.2 Å². The maximum atomic E-state index is 12.8. The molecular weight excluding hydrogens is 455 g/mol. The first-order valence-electron chi connectivity index (χ1n) is 9.47. The lowest BCUT2D eigenvalue weighted by Crippen LogP contribution is -2.53. The van der Waals surface area contributed by atoms with Gasteiger partial charge in [0.2, 0.25) is 15.9 Å². The van der Waals surface area contributed by atoms with E-state index in [0.717, 1.165) is 24.3 Å². The van der Waals surface area contributed by atoms with Crippen molar-refractivity contribution in [3.8, 4) is 0 Å². The van der Waals surface area contributed by atoms with Gasteiger partial charge in [-0.3, -0.25) is 9.69 Å². The SMILES string of the molecule is CC(C(=O)Nc1ccccc1Cl)N1CCN(S(=O)(=O)c2ccc(C(F)(F)F)cc2)CC1. The number of carbonyl (C=O) groups excluding carboxylic acids is 1. The standard InChI is InChI=1S/C20H21ClF3N3O3S/c1-14(19(28)25-18-5-3-2-4-17(18)21)26-10-12-27(13-11-26)31(29,30)16-8-6-15(7-9-16)20(22,23)24/h2-9,14H,10-13H2,1H3,(H,25,28). The third-order valence-corrected chi connectivity index (χ3v) is 7.39. The first-order valence-corrected chi connectivity index (χ1v) is 11.3. The van der Waals surface area contributed by atoms with Crippen molar-refractivity contribution in [2.24, 2.45) is 0 Å². The molecule has 1 aliphatic heterocycles. The lowest BCUT2D eigenvalue weighted by Gasteiger charge is -2.36. The molecule has 0 bridgehead atoms. The van der Waals surface area contributed by atoms with Crippen LogP contribution in [-0.4, -0.2) is 55.8 Å². The van der Waals surface area contributed by atoms with Crippen molar-refractivity contribution in [1.29, 1.82) is 0 Å². The molecule has 1 unspecified atom stereocenters. The Kier molecular flexibility index (Phi) is 6.95. The normalized spacial score (nSPS) is 17.3. The number of sulfonamides is 1. The number of anilines is 1. The Bertz CT molecular complexity index is 1040. The second-order valence-corrected chi connectivity index (χ2v) is 9.45. The zero-order chi connectivity index (χ0) is 22.8. The summed E-state index contributed by atoms with van der Waals surface area (Å²) in [6, 6.07) is 9.75. The quantitative estimate of drug-likeness (QED) is 0.716. The van der Waals surface area contributed by atoms with Gasteiger partial charge in [0.25, 0.3) is 0 Å². The van der Waals surface area contributed by atoms with Crippen molar-refractivity contribution in [2.75, 3.05) is 31.5 Å². The molecule has 0 aliphatic carbocycles. The highest BCUT2D eigenvalue weighted by molar-refractivity contribution is 7.89. The van der Waals surface area contributed by atoms with E-state index in [9.17, 15) is 26.4 Å². The number of piperazine rings is 1. The molecule has 0 radical (unpaired) electrons. The number of rotatable bonds is 5. The molecule has 0 saturated carbocycles. The van der Waals surface area contributed by atoms with Gasteiger partial charge in [-0.15, -0.1) is 0 Å². The van der Waals surface area contributed by atoms with Gasteiger partial charge in [0.15, 0.2) is 0 Å². The molecule has 31 heavy (non-hydrogen) atoms. The molecule has 1 amide bonds. The van der Waals surface area contributed by atoms with Gasteiger partial charge >= 0.3 is 6.18 Å². The third kappa shape index (κ3) is 5.38. The Morgan fingerprint density at radius 1 is 1.03 bits per heavy atom. The Morgan fingerprint density at radius 3 is 2.16 bits per heavy atom. The second-order valence-electron chi connectivity index (χ2n) is 7.11. The van der Waals surface area contributed by atoms with Crippen LogP contribution in [-0.2, 0) is 21.0 Å². The molecule has 11 heteroatoms. The fourth-order valence-electron chi connectivity index (χ4n) is 3.26. The van der Waals surface area contributed by atoms with Crippen molar-refractivity contribution in [3.05, 3.63) is 59.1 Å². The van der Waals surface area contributed by atoms with Gasteiger partial charge in [-0.25, -0.2) is 8.42 Å². The van der Waals surface area contributed by atoms with E-state index in [-0.39, 0.29) is 23.9 Å². The number of hydrogen-bond acceptors (Lipinski definition) is 4. The van der Waals surface area contributed by atoms with Crippen LogP contribution in [0.25, 0.3) is 0 Å². The van der Waals surface area contributed by atoms with Crippen molar-refractivity contribution in [1.82, 2.24) is 9.21 Å². The molecule has 2 aromatic rings. The molecule has 1 aliphatic rings. The minimum atomic E-state index is -4.53. The zero-order valence-electron chi connectivity index (χ0n) is 16.6. The highest BCUT2D eigenvalue weighted by Gasteiger charge is 2.34. The number of alkyl halides is 3. The largest absolute Gasteiger partial charge is 0.416 e. The first kappa shape index (κ1) is 23.5. The van der Waals surface area contributed by atoms with Gasteiger partial charge in [-0.05, 0) is 43.3 Å². The fourth-order valence-corrected chi connectivity index (χ4v) is 4.87. The monoisotopic (exact) mass is 475 g/mol. The third-order valence-electron chi connectivity index (χ3n) is 5.15. The zero-order valence-corrected chi connectivity index (χ0v) is 18.1. The summed E-state index contributed by atoms with van der Waals surface area (Å²) < 4.78 is 64.9. The topological polar surface area (TPSA) is 69.7 Å². The van der Waals surface area contributed by atoms with Crippen molar-refractivity contribution < 1.29 is 26.4 Å². The fraction of sp³-hybridized carbons (Fsp3) is 0.350. The highest BCUT2D eigenvalue weighted by Crippen LogP contribution is 2.30. The lowest BCUT2D eigenvalue weighted by molar-refractivity contribution is -0.137. The van der Waals surface area contributed by atoms with E-state index in [1.54, 1.807) is 31.2 Å². The van der Waals surface area contributed by atoms with Crippen LogP contribution in [0.4, 0.5) is 18.9 Å². The molecule has 0 spiro atoms. The molecule has 1 fully saturated rings. The van der Waals surface area contributed by atoms with Crippen molar-refractivity contribution in [3.63, 3.8) is 0 Å². The van der Waals surface area contributed by atoms with Gasteiger partial charge < -0.3 is 5.32 Å². The summed E-state index contributed by atoms with van der Waals surface area (Å²) in [5.41, 5.74) is -0.417. The molecule has 0 aromatic heterocycles. The van der Waals surface area contributed by atoms with E-state index in [2.05, 4.69) is 5.32 Å². The van der Waals surface area contributed by atoms with E-state index < -0.39 is 27.8 Å². The average Bonchev–Trinajstić information content (AvgIpc) is 2.74. The van der Waals surface area contributed by atoms with E-state index >= 15 is 0 Å². The van der Waals surface area contributed by atoms with E-state index in [4.69, 9.17) is 11.6 Å². The number of amides is 1. The van der Waals surface area contributed by atoms with E-state index in [0.29, 0.717) is 23.8 Å². The average molecular weight is 476 g/mol. The number of halogens is 4. The summed E-state index contributed by atoms with van der Waals surface area (Å²) in [5.74, 6) is -0.271. The Hall–Kier alpha value is -2.14. The smallest absolute Gasteiger partial charge is 0.323 e. The second kappa shape index (κ2) is 9.15. The predicted molar refractivity (Wildman–Crippen MR) is 111 cm³/mol. The molecule has 1 atom stereocenters. The lowest BCUT2D eigenvalue weighted by atomic mass is 10.2. The number of nitrogens with zero attached hydrogens (tertiary/aromatic N) is 2. The molecule has 3 rings (SSSR count).